The molecular formula is C12H13NO2. The van der Waals surface area contributed by atoms with Crippen LogP contribution in [-0.4, -0.2) is 17.6 Å². The van der Waals surface area contributed by atoms with Gasteiger partial charge >= 0.3 is 0 Å². The third-order valence-electron chi connectivity index (χ3n) is 3.43. The van der Waals surface area contributed by atoms with Crippen LogP contribution in [-0.2, 0) is 4.79 Å². The predicted molar refractivity (Wildman–Crippen MR) is 56.7 cm³/mol. The molecule has 1 aromatic carbocycles. The zero-order chi connectivity index (χ0) is 10.4. The number of anilines is 1. The fourth-order valence-electron chi connectivity index (χ4n) is 2.55. The van der Waals surface area contributed by atoms with E-state index in [-0.39, 0.29) is 17.6 Å². The van der Waals surface area contributed by atoms with Crippen LogP contribution in [0.3, 0.4) is 0 Å². The summed E-state index contributed by atoms with van der Waals surface area (Å²) in [6.45, 7) is 0.818. The number of phenolic OH excluding ortho intramolecular Hbond substituents is 1. The molecule has 2 saturated heterocycles. The van der Waals surface area contributed by atoms with Gasteiger partial charge in [0.1, 0.15) is 5.75 Å². The maximum atomic E-state index is 11.9. The van der Waals surface area contributed by atoms with Gasteiger partial charge in [0, 0.05) is 24.2 Å². The monoisotopic (exact) mass is 203 g/mol. The molecule has 0 aromatic heterocycles. The number of aromatic hydroxyl groups is 1. The highest BCUT2D eigenvalue weighted by Gasteiger charge is 2.43. The van der Waals surface area contributed by atoms with Crippen molar-refractivity contribution >= 4 is 11.6 Å². The van der Waals surface area contributed by atoms with E-state index in [1.807, 2.05) is 11.0 Å². The molecule has 2 bridgehead atoms. The molecule has 4 rings (SSSR count). The van der Waals surface area contributed by atoms with Crippen molar-refractivity contribution in [3.05, 3.63) is 24.3 Å². The molecule has 1 amide bonds. The largest absolute Gasteiger partial charge is 0.508 e. The SMILES string of the molecule is O=C1C2CC(C2)CN1c1cccc(O)c1. The van der Waals surface area contributed by atoms with Crippen molar-refractivity contribution < 1.29 is 9.90 Å². The van der Waals surface area contributed by atoms with Crippen molar-refractivity contribution in [3.63, 3.8) is 0 Å². The molecule has 3 aliphatic rings. The number of carbonyl (C=O) groups excluding carboxylic acids is 1. The molecule has 3 nitrogen and oxygen atoms in total. The van der Waals surface area contributed by atoms with E-state index < -0.39 is 0 Å². The fourth-order valence-corrected chi connectivity index (χ4v) is 2.55. The first kappa shape index (κ1) is 8.77. The third-order valence-corrected chi connectivity index (χ3v) is 3.43. The van der Waals surface area contributed by atoms with Gasteiger partial charge in [-0.3, -0.25) is 4.79 Å². The highest BCUT2D eigenvalue weighted by Crippen LogP contribution is 2.42. The van der Waals surface area contributed by atoms with Gasteiger partial charge in [0.25, 0.3) is 0 Å². The molecule has 1 N–H and O–H groups in total. The van der Waals surface area contributed by atoms with Gasteiger partial charge < -0.3 is 10.0 Å². The number of carbonyl (C=O) groups is 1. The first-order valence-electron chi connectivity index (χ1n) is 5.34. The molecule has 0 unspecified atom stereocenters. The maximum Gasteiger partial charge on any atom is 0.230 e. The molecule has 2 heterocycles. The van der Waals surface area contributed by atoms with Gasteiger partial charge in [0.2, 0.25) is 5.91 Å². The lowest BCUT2D eigenvalue weighted by Gasteiger charge is -2.46. The second kappa shape index (κ2) is 2.99. The normalized spacial score (nSPS) is 28.8. The number of hydrogen-bond acceptors (Lipinski definition) is 2. The first-order valence-corrected chi connectivity index (χ1v) is 5.34. The van der Waals surface area contributed by atoms with Crippen LogP contribution in [0, 0.1) is 11.8 Å². The van der Waals surface area contributed by atoms with Crippen LogP contribution in [0.2, 0.25) is 0 Å². The molecule has 3 fully saturated rings. The number of phenols is 1. The summed E-state index contributed by atoms with van der Waals surface area (Å²) < 4.78 is 0. The first-order chi connectivity index (χ1) is 7.24. The quantitative estimate of drug-likeness (QED) is 0.755. The molecule has 15 heavy (non-hydrogen) atoms. The van der Waals surface area contributed by atoms with Crippen LogP contribution in [0.15, 0.2) is 24.3 Å². The second-order valence-electron chi connectivity index (χ2n) is 4.50. The molecule has 1 aromatic rings. The lowest BCUT2D eigenvalue weighted by atomic mass is 9.70. The molecule has 0 spiro atoms. The van der Waals surface area contributed by atoms with Gasteiger partial charge in [-0.2, -0.15) is 0 Å². The Morgan fingerprint density at radius 1 is 1.33 bits per heavy atom. The number of nitrogens with zero attached hydrogens (tertiary/aromatic N) is 1. The Hall–Kier alpha value is -1.51. The van der Waals surface area contributed by atoms with E-state index in [0.717, 1.165) is 25.1 Å². The summed E-state index contributed by atoms with van der Waals surface area (Å²) in [5.74, 6) is 1.36. The molecular weight excluding hydrogens is 190 g/mol. The van der Waals surface area contributed by atoms with E-state index >= 15 is 0 Å². The average Bonchev–Trinajstić information content (AvgIpc) is 2.16. The van der Waals surface area contributed by atoms with Gasteiger partial charge in [0.05, 0.1) is 0 Å². The van der Waals surface area contributed by atoms with E-state index in [9.17, 15) is 9.90 Å². The highest BCUT2D eigenvalue weighted by atomic mass is 16.3. The van der Waals surface area contributed by atoms with Gasteiger partial charge in [0.15, 0.2) is 0 Å². The summed E-state index contributed by atoms with van der Waals surface area (Å²) >= 11 is 0. The summed E-state index contributed by atoms with van der Waals surface area (Å²) in [6.07, 6.45) is 2.13. The lowest BCUT2D eigenvalue weighted by molar-refractivity contribution is -0.129. The molecule has 3 heteroatoms. The van der Waals surface area contributed by atoms with Crippen molar-refractivity contribution in [2.24, 2.45) is 11.8 Å². The number of amides is 1. The zero-order valence-electron chi connectivity index (χ0n) is 8.39. The van der Waals surface area contributed by atoms with E-state index in [1.54, 1.807) is 18.2 Å². The van der Waals surface area contributed by atoms with Crippen molar-refractivity contribution in [2.75, 3.05) is 11.4 Å². The van der Waals surface area contributed by atoms with Crippen LogP contribution in [0.25, 0.3) is 0 Å². The number of hydrogen-bond donors (Lipinski definition) is 1. The van der Waals surface area contributed by atoms with Crippen LogP contribution in [0.4, 0.5) is 5.69 Å². The zero-order valence-corrected chi connectivity index (χ0v) is 8.39. The minimum Gasteiger partial charge on any atom is -0.508 e. The van der Waals surface area contributed by atoms with E-state index in [0.29, 0.717) is 5.92 Å². The van der Waals surface area contributed by atoms with Crippen molar-refractivity contribution in [1.82, 2.24) is 0 Å². The van der Waals surface area contributed by atoms with Gasteiger partial charge in [-0.1, -0.05) is 6.07 Å². The van der Waals surface area contributed by atoms with Crippen LogP contribution >= 0.6 is 0 Å². The summed E-state index contributed by atoms with van der Waals surface area (Å²) in [7, 11) is 0. The third kappa shape index (κ3) is 1.30. The molecule has 1 saturated carbocycles. The molecule has 0 radical (unpaired) electrons. The molecule has 0 atom stereocenters. The number of piperidine rings is 2. The number of rotatable bonds is 1. The van der Waals surface area contributed by atoms with Crippen molar-refractivity contribution in [3.8, 4) is 5.75 Å². The summed E-state index contributed by atoms with van der Waals surface area (Å²) in [5.41, 5.74) is 0.828. The van der Waals surface area contributed by atoms with E-state index in [2.05, 4.69) is 0 Å². The summed E-state index contributed by atoms with van der Waals surface area (Å²) in [4.78, 5) is 13.7. The summed E-state index contributed by atoms with van der Waals surface area (Å²) in [5, 5.41) is 9.37. The fraction of sp³-hybridized carbons (Fsp3) is 0.417. The Labute approximate surface area is 88.3 Å². The average molecular weight is 203 g/mol. The smallest absolute Gasteiger partial charge is 0.230 e. The molecule has 1 aliphatic carbocycles. The van der Waals surface area contributed by atoms with Crippen molar-refractivity contribution in [1.29, 1.82) is 0 Å². The Bertz CT molecular complexity index is 410. The van der Waals surface area contributed by atoms with Crippen LogP contribution in [0.1, 0.15) is 12.8 Å². The number of fused-ring (bicyclic) bond motifs is 2. The summed E-state index contributed by atoms with van der Waals surface area (Å²) in [6, 6.07) is 6.93. The minimum absolute atomic E-state index is 0.222. The van der Waals surface area contributed by atoms with Gasteiger partial charge in [-0.15, -0.1) is 0 Å². The molecule has 78 valence electrons. The van der Waals surface area contributed by atoms with Crippen LogP contribution < -0.4 is 4.90 Å². The standard InChI is InChI=1S/C12H13NO2/c14-11-3-1-2-10(6-11)13-7-8-4-9(5-8)12(13)15/h1-3,6,8-9,14H,4-5,7H2. The van der Waals surface area contributed by atoms with Gasteiger partial charge in [-0.05, 0) is 30.9 Å². The Balaban J connectivity index is 1.91. The minimum atomic E-state index is 0.222. The lowest BCUT2D eigenvalue weighted by Crippen LogP contribution is -2.53. The Kier molecular flexibility index (Phi) is 1.75. The van der Waals surface area contributed by atoms with E-state index in [1.165, 1.54) is 0 Å². The molecule has 2 aliphatic heterocycles. The van der Waals surface area contributed by atoms with E-state index in [4.69, 9.17) is 0 Å². The van der Waals surface area contributed by atoms with Crippen molar-refractivity contribution in [2.45, 2.75) is 12.8 Å². The topological polar surface area (TPSA) is 40.5 Å². The Morgan fingerprint density at radius 2 is 2.13 bits per heavy atom. The second-order valence-corrected chi connectivity index (χ2v) is 4.50. The van der Waals surface area contributed by atoms with Crippen LogP contribution in [0.5, 0.6) is 5.75 Å². The van der Waals surface area contributed by atoms with Gasteiger partial charge in [-0.25, -0.2) is 0 Å². The predicted octanol–water partition coefficient (Wildman–Crippen LogP) is 1.76. The number of benzene rings is 1. The Morgan fingerprint density at radius 3 is 2.80 bits per heavy atom. The maximum absolute atomic E-state index is 11.9. The highest BCUT2D eigenvalue weighted by molar-refractivity contribution is 5.97.